The summed E-state index contributed by atoms with van der Waals surface area (Å²) in [6, 6.07) is 11.9. The molecule has 26 heavy (non-hydrogen) atoms. The predicted octanol–water partition coefficient (Wildman–Crippen LogP) is 4.15. The lowest BCUT2D eigenvalue weighted by molar-refractivity contribution is 0.103. The molecule has 1 aliphatic carbocycles. The Kier molecular flexibility index (Phi) is 5.12. The number of ether oxygens (including phenoxy) is 2. The van der Waals surface area contributed by atoms with Gasteiger partial charge in [-0.3, -0.25) is 4.79 Å². The minimum Gasteiger partial charge on any atom is -0.493 e. The zero-order valence-corrected chi connectivity index (χ0v) is 15.6. The minimum absolute atomic E-state index is 0.0496. The van der Waals surface area contributed by atoms with Crippen LogP contribution in [0.2, 0.25) is 0 Å². The van der Waals surface area contributed by atoms with Gasteiger partial charge in [0.2, 0.25) is 0 Å². The lowest BCUT2D eigenvalue weighted by Crippen LogP contribution is -2.07. The number of Topliss-reactive ketones (excluding diaryl/α,β-unsaturated/α-hetero) is 1. The average molecular weight is 349 g/mol. The molecule has 4 nitrogen and oxygen atoms in total. The van der Waals surface area contributed by atoms with E-state index < -0.39 is 0 Å². The van der Waals surface area contributed by atoms with Crippen LogP contribution >= 0.6 is 0 Å². The van der Waals surface area contributed by atoms with Crippen LogP contribution in [0.1, 0.15) is 21.5 Å². The van der Waals surface area contributed by atoms with Gasteiger partial charge in [-0.05, 0) is 35.4 Å². The molecule has 4 heteroatoms. The highest BCUT2D eigenvalue weighted by molar-refractivity contribution is 6.13. The molecule has 3 rings (SSSR count). The molecule has 0 aromatic heterocycles. The van der Waals surface area contributed by atoms with Crippen LogP contribution in [-0.2, 0) is 6.42 Å². The summed E-state index contributed by atoms with van der Waals surface area (Å²) >= 11 is 0. The van der Waals surface area contributed by atoms with Crippen LogP contribution in [0.15, 0.2) is 54.1 Å². The summed E-state index contributed by atoms with van der Waals surface area (Å²) in [4.78, 5) is 14.7. The van der Waals surface area contributed by atoms with Gasteiger partial charge in [-0.2, -0.15) is 0 Å². The number of nitrogens with zero attached hydrogens (tertiary/aromatic N) is 1. The fraction of sp³-hybridized carbons (Fsp3) is 0.227. The van der Waals surface area contributed by atoms with Gasteiger partial charge in [0.05, 0.1) is 14.2 Å². The number of hydrogen-bond donors (Lipinski definition) is 0. The van der Waals surface area contributed by atoms with Crippen molar-refractivity contribution in [2.75, 3.05) is 33.2 Å². The van der Waals surface area contributed by atoms with Gasteiger partial charge in [0.25, 0.3) is 0 Å². The van der Waals surface area contributed by atoms with Crippen LogP contribution in [0, 0.1) is 0 Å². The second-order valence-electron chi connectivity index (χ2n) is 6.41. The van der Waals surface area contributed by atoms with Gasteiger partial charge < -0.3 is 14.4 Å². The van der Waals surface area contributed by atoms with Crippen molar-refractivity contribution in [3.8, 4) is 11.5 Å². The third-order valence-corrected chi connectivity index (χ3v) is 4.52. The lowest BCUT2D eigenvalue weighted by atomic mass is 10.1. The van der Waals surface area contributed by atoms with E-state index in [1.807, 2.05) is 38.4 Å². The van der Waals surface area contributed by atoms with Crippen molar-refractivity contribution in [2.45, 2.75) is 6.42 Å². The summed E-state index contributed by atoms with van der Waals surface area (Å²) in [7, 11) is 7.21. The number of anilines is 1. The van der Waals surface area contributed by atoms with Gasteiger partial charge in [0.15, 0.2) is 17.3 Å². The number of carbonyl (C=O) groups excluding carboxylic acids is 1. The van der Waals surface area contributed by atoms with E-state index in [0.717, 1.165) is 22.4 Å². The number of hydrogen-bond acceptors (Lipinski definition) is 4. The van der Waals surface area contributed by atoms with E-state index in [0.29, 0.717) is 23.5 Å². The molecule has 0 amide bonds. The van der Waals surface area contributed by atoms with Crippen LogP contribution in [0.5, 0.6) is 11.5 Å². The normalized spacial score (nSPS) is 14.8. The van der Waals surface area contributed by atoms with Gasteiger partial charge in [-0.25, -0.2) is 0 Å². The molecule has 1 aliphatic rings. The Hall–Kier alpha value is -3.01. The van der Waals surface area contributed by atoms with E-state index >= 15 is 0 Å². The third kappa shape index (κ3) is 3.49. The van der Waals surface area contributed by atoms with Gasteiger partial charge >= 0.3 is 0 Å². The molecule has 0 atom stereocenters. The highest BCUT2D eigenvalue weighted by Crippen LogP contribution is 2.36. The zero-order chi connectivity index (χ0) is 18.7. The van der Waals surface area contributed by atoms with Crippen LogP contribution in [0.4, 0.5) is 5.69 Å². The Labute approximate surface area is 154 Å². The molecule has 0 radical (unpaired) electrons. The maximum atomic E-state index is 12.6. The fourth-order valence-electron chi connectivity index (χ4n) is 3.03. The van der Waals surface area contributed by atoms with Gasteiger partial charge in [0, 0.05) is 37.3 Å². The van der Waals surface area contributed by atoms with Crippen molar-refractivity contribution in [3.05, 3.63) is 70.8 Å². The van der Waals surface area contributed by atoms with Crippen molar-refractivity contribution in [2.24, 2.45) is 0 Å². The summed E-state index contributed by atoms with van der Waals surface area (Å²) in [6.07, 6.45) is 6.43. The number of ketones is 1. The number of allylic oxidation sites excluding steroid dienone is 3. The number of carbonyl (C=O) groups is 1. The topological polar surface area (TPSA) is 38.8 Å². The molecule has 0 unspecified atom stereocenters. The molecule has 0 saturated carbocycles. The summed E-state index contributed by atoms with van der Waals surface area (Å²) < 4.78 is 10.6. The van der Waals surface area contributed by atoms with Gasteiger partial charge in [-0.1, -0.05) is 30.4 Å². The first-order chi connectivity index (χ1) is 12.5. The van der Waals surface area contributed by atoms with Crippen molar-refractivity contribution >= 4 is 17.5 Å². The van der Waals surface area contributed by atoms with Crippen LogP contribution in [0.3, 0.4) is 0 Å². The summed E-state index contributed by atoms with van der Waals surface area (Å²) in [6.45, 7) is 0. The van der Waals surface area contributed by atoms with Crippen LogP contribution in [0.25, 0.3) is 6.08 Å². The van der Waals surface area contributed by atoms with E-state index in [9.17, 15) is 4.79 Å². The first-order valence-electron chi connectivity index (χ1n) is 8.47. The van der Waals surface area contributed by atoms with Gasteiger partial charge in [0.1, 0.15) is 0 Å². The Balaban J connectivity index is 1.78. The van der Waals surface area contributed by atoms with Gasteiger partial charge in [-0.15, -0.1) is 0 Å². The second-order valence-corrected chi connectivity index (χ2v) is 6.41. The minimum atomic E-state index is 0.0496. The second kappa shape index (κ2) is 7.48. The molecule has 0 fully saturated rings. The predicted molar refractivity (Wildman–Crippen MR) is 105 cm³/mol. The highest BCUT2D eigenvalue weighted by atomic mass is 16.5. The molecule has 0 N–H and O–H groups in total. The Morgan fingerprint density at radius 1 is 1.00 bits per heavy atom. The molecule has 2 aromatic carbocycles. The summed E-state index contributed by atoms with van der Waals surface area (Å²) in [5.74, 6) is 1.28. The molecule has 134 valence electrons. The molecular weight excluding hydrogens is 326 g/mol. The Morgan fingerprint density at radius 3 is 2.27 bits per heavy atom. The average Bonchev–Trinajstić information content (AvgIpc) is 2.96. The number of methoxy groups -OCH3 is 2. The lowest BCUT2D eigenvalue weighted by Gasteiger charge is -2.11. The van der Waals surface area contributed by atoms with Crippen LogP contribution in [-0.4, -0.2) is 34.1 Å². The van der Waals surface area contributed by atoms with Crippen LogP contribution < -0.4 is 14.4 Å². The monoisotopic (exact) mass is 349 g/mol. The van der Waals surface area contributed by atoms with E-state index in [1.54, 1.807) is 20.3 Å². The largest absolute Gasteiger partial charge is 0.493 e. The molecule has 2 aromatic rings. The van der Waals surface area contributed by atoms with Crippen molar-refractivity contribution in [1.29, 1.82) is 0 Å². The van der Waals surface area contributed by atoms with Crippen molar-refractivity contribution in [3.63, 3.8) is 0 Å². The SMILES string of the molecule is COc1cc2c(cc1OC)C(=O)/C(=C\C=C\c1ccc(N(C)C)cc1)C2. The number of rotatable bonds is 5. The first-order valence-corrected chi connectivity index (χ1v) is 8.47. The molecule has 0 saturated heterocycles. The maximum absolute atomic E-state index is 12.6. The third-order valence-electron chi connectivity index (χ3n) is 4.52. The quantitative estimate of drug-likeness (QED) is 0.760. The fourth-order valence-corrected chi connectivity index (χ4v) is 3.03. The first kappa shape index (κ1) is 17.8. The summed E-state index contributed by atoms with van der Waals surface area (Å²) in [5, 5.41) is 0. The number of benzene rings is 2. The molecule has 0 bridgehead atoms. The summed E-state index contributed by atoms with van der Waals surface area (Å²) in [5.41, 5.74) is 4.69. The number of fused-ring (bicyclic) bond motifs is 1. The van der Waals surface area contributed by atoms with E-state index in [1.165, 1.54) is 0 Å². The molecular formula is C22H23NO3. The Morgan fingerprint density at radius 2 is 1.65 bits per heavy atom. The van der Waals surface area contributed by atoms with E-state index in [2.05, 4.69) is 29.2 Å². The maximum Gasteiger partial charge on any atom is 0.189 e. The van der Waals surface area contributed by atoms with E-state index in [4.69, 9.17) is 9.47 Å². The smallest absolute Gasteiger partial charge is 0.189 e. The van der Waals surface area contributed by atoms with Crippen molar-refractivity contribution in [1.82, 2.24) is 0 Å². The van der Waals surface area contributed by atoms with Crippen molar-refractivity contribution < 1.29 is 14.3 Å². The zero-order valence-electron chi connectivity index (χ0n) is 15.6. The standard InChI is InChI=1S/C22H23NO3/c1-23(2)18-10-8-15(9-11-18)6-5-7-16-12-17-13-20(25-3)21(26-4)14-19(17)22(16)24/h5-11,13-14H,12H2,1-4H3/b6-5+,16-7-. The molecule has 0 heterocycles. The van der Waals surface area contributed by atoms with E-state index in [-0.39, 0.29) is 5.78 Å². The Bertz CT molecular complexity index is 877. The molecule has 0 aliphatic heterocycles. The highest BCUT2D eigenvalue weighted by Gasteiger charge is 2.26. The molecule has 0 spiro atoms.